The van der Waals surface area contributed by atoms with Crippen LogP contribution in [0.5, 0.6) is 11.5 Å². The zero-order valence-corrected chi connectivity index (χ0v) is 31.3. The predicted octanol–water partition coefficient (Wildman–Crippen LogP) is 9.20. The van der Waals surface area contributed by atoms with Crippen molar-refractivity contribution in [3.8, 4) is 46.3 Å². The van der Waals surface area contributed by atoms with Gasteiger partial charge in [0.05, 0.1) is 35.8 Å². The summed E-state index contributed by atoms with van der Waals surface area (Å²) in [4.78, 5) is 21.0. The highest BCUT2D eigenvalue weighted by Crippen LogP contribution is 2.34. The minimum absolute atomic E-state index is 0. The summed E-state index contributed by atoms with van der Waals surface area (Å²) in [5, 5.41) is 35.8. The molecule has 4 aliphatic rings. The van der Waals surface area contributed by atoms with Crippen molar-refractivity contribution in [2.45, 2.75) is 7.43 Å². The fourth-order valence-electron chi connectivity index (χ4n) is 6.13. The average molecular weight is 801 g/mol. The number of thioether (sulfide) groups is 2. The quantitative estimate of drug-likeness (QED) is 0.159. The average Bonchev–Trinajstić information content (AvgIpc) is 4.07. The van der Waals surface area contributed by atoms with Crippen LogP contribution in [-0.4, -0.2) is 73.9 Å². The van der Waals surface area contributed by atoms with Crippen LogP contribution in [-0.2, 0) is 0 Å². The van der Waals surface area contributed by atoms with Crippen molar-refractivity contribution in [3.63, 3.8) is 0 Å². The number of hydrogen-bond acceptors (Lipinski definition) is 14. The Morgan fingerprint density at radius 3 is 1.89 bits per heavy atom. The first-order chi connectivity index (χ1) is 27.0. The SMILES string of the molecule is C.ClCC1=CSC2=NCCN12.N#Cc1cnccc1-c1cc2cc(O)ccc2o1.N#Cc1cnccc1-c1cc2cc(OCC3=CSC4=NCCN34)ccc2o1. The standard InChI is InChI=1S/C20H14N4O2S.C14H8N2O2.C6H7ClN2S.CH4/c21-9-14-10-22-4-3-17(14)19-8-13-7-16(1-2-18(13)26-19)25-11-15-12-27-20-23-5-6-24(15)20;15-7-10-8-16-4-3-12(10)14-6-9-5-11(17)1-2-13(9)18-14;7-3-5-4-10-6-8-1-2-9(5)6;/h1-4,7-8,10,12H,5-6,11H2;1-6,8,17H;4H,1-3H2;1H4. The van der Waals surface area contributed by atoms with E-state index in [1.165, 1.54) is 11.9 Å². The Morgan fingerprint density at radius 2 is 1.30 bits per heavy atom. The summed E-state index contributed by atoms with van der Waals surface area (Å²) in [6, 6.07) is 22.1. The van der Waals surface area contributed by atoms with E-state index in [4.69, 9.17) is 30.4 Å². The first kappa shape index (κ1) is 38.1. The molecule has 56 heavy (non-hydrogen) atoms. The summed E-state index contributed by atoms with van der Waals surface area (Å²) in [5.74, 6) is 2.81. The van der Waals surface area contributed by atoms with Gasteiger partial charge in [-0.15, -0.1) is 11.6 Å². The summed E-state index contributed by atoms with van der Waals surface area (Å²) in [6.45, 7) is 4.22. The molecule has 0 saturated heterocycles. The first-order valence-corrected chi connectivity index (χ1v) is 19.3. The van der Waals surface area contributed by atoms with Crippen LogP contribution in [0.3, 0.4) is 0 Å². The molecule has 4 aliphatic heterocycles. The van der Waals surface area contributed by atoms with E-state index in [-0.39, 0.29) is 13.2 Å². The molecule has 0 bridgehead atoms. The Bertz CT molecular complexity index is 2640. The fourth-order valence-corrected chi connectivity index (χ4v) is 8.34. The number of ether oxygens (including phenoxy) is 1. The van der Waals surface area contributed by atoms with Crippen LogP contribution >= 0.6 is 35.1 Å². The van der Waals surface area contributed by atoms with Gasteiger partial charge in [-0.05, 0) is 66.1 Å². The van der Waals surface area contributed by atoms with E-state index in [1.54, 1.807) is 78.5 Å². The van der Waals surface area contributed by atoms with Crippen LogP contribution in [0.15, 0.2) is 126 Å². The molecule has 280 valence electrons. The molecule has 12 nitrogen and oxygen atoms in total. The Balaban J connectivity index is 0.000000142. The number of phenolic OH excluding ortho intramolecular Hbond substituents is 1. The number of pyridine rings is 2. The summed E-state index contributed by atoms with van der Waals surface area (Å²) in [5.41, 5.74) is 6.14. The van der Waals surface area contributed by atoms with E-state index < -0.39 is 0 Å². The second-order valence-electron chi connectivity index (χ2n) is 12.2. The van der Waals surface area contributed by atoms with Crippen LogP contribution in [0, 0.1) is 22.7 Å². The molecule has 0 saturated carbocycles. The van der Waals surface area contributed by atoms with Gasteiger partial charge in [-0.25, -0.2) is 0 Å². The number of nitrogens with zero attached hydrogens (tertiary/aromatic N) is 8. The number of nitriles is 2. The third kappa shape index (κ3) is 7.95. The maximum Gasteiger partial charge on any atom is 0.168 e. The molecule has 0 atom stereocenters. The molecule has 0 fully saturated rings. The molecule has 4 aromatic heterocycles. The molecular formula is C41H33ClN8O4S2. The number of halogens is 1. The van der Waals surface area contributed by atoms with E-state index in [2.05, 4.69) is 52.7 Å². The topological polar surface area (TPSA) is 160 Å². The van der Waals surface area contributed by atoms with Crippen LogP contribution < -0.4 is 4.74 Å². The summed E-state index contributed by atoms with van der Waals surface area (Å²) >= 11 is 9.02. The van der Waals surface area contributed by atoms with E-state index in [9.17, 15) is 10.4 Å². The third-order valence-electron chi connectivity index (χ3n) is 8.82. The van der Waals surface area contributed by atoms with Gasteiger partial charge in [0.2, 0.25) is 0 Å². The second-order valence-corrected chi connectivity index (χ2v) is 14.2. The first-order valence-electron chi connectivity index (χ1n) is 17.0. The van der Waals surface area contributed by atoms with Gasteiger partial charge in [0.15, 0.2) is 10.3 Å². The Morgan fingerprint density at radius 1 is 0.750 bits per heavy atom. The van der Waals surface area contributed by atoms with Crippen molar-refractivity contribution in [1.82, 2.24) is 19.8 Å². The van der Waals surface area contributed by atoms with Gasteiger partial charge in [0.25, 0.3) is 0 Å². The molecular weight excluding hydrogens is 768 g/mol. The molecule has 0 amide bonds. The molecule has 1 N–H and O–H groups in total. The van der Waals surface area contributed by atoms with Crippen LogP contribution in [0.2, 0.25) is 0 Å². The maximum atomic E-state index is 9.41. The third-order valence-corrected chi connectivity index (χ3v) is 11.0. The van der Waals surface area contributed by atoms with Crippen LogP contribution in [0.1, 0.15) is 18.6 Å². The smallest absolute Gasteiger partial charge is 0.168 e. The van der Waals surface area contributed by atoms with Gasteiger partial charge in [-0.2, -0.15) is 10.5 Å². The largest absolute Gasteiger partial charge is 0.508 e. The van der Waals surface area contributed by atoms with E-state index in [1.807, 2.05) is 24.3 Å². The van der Waals surface area contributed by atoms with Crippen molar-refractivity contribution in [2.75, 3.05) is 38.7 Å². The van der Waals surface area contributed by atoms with Crippen molar-refractivity contribution in [3.05, 3.63) is 119 Å². The predicted molar refractivity (Wildman–Crippen MR) is 222 cm³/mol. The number of aromatic hydroxyl groups is 1. The van der Waals surface area contributed by atoms with Crippen molar-refractivity contribution < 1.29 is 18.7 Å². The number of furan rings is 2. The normalized spacial score (nSPS) is 14.8. The number of benzene rings is 2. The van der Waals surface area contributed by atoms with Gasteiger partial charge in [-0.3, -0.25) is 20.0 Å². The number of phenols is 1. The van der Waals surface area contributed by atoms with Crippen molar-refractivity contribution >= 4 is 67.4 Å². The Hall–Kier alpha value is -6.19. The summed E-state index contributed by atoms with van der Waals surface area (Å²) in [7, 11) is 0. The van der Waals surface area contributed by atoms with Crippen molar-refractivity contribution in [1.29, 1.82) is 10.5 Å². The Labute approximate surface area is 336 Å². The van der Waals surface area contributed by atoms with Crippen LogP contribution in [0.25, 0.3) is 44.6 Å². The van der Waals surface area contributed by atoms with E-state index in [0.717, 1.165) is 69.9 Å². The molecule has 6 aromatic rings. The fraction of sp³-hybridized carbons (Fsp3) is 0.171. The highest BCUT2D eigenvalue weighted by Gasteiger charge is 2.27. The zero-order valence-electron chi connectivity index (χ0n) is 28.9. The Kier molecular flexibility index (Phi) is 11.6. The number of alkyl halides is 1. The molecule has 0 unspecified atom stereocenters. The van der Waals surface area contributed by atoms with Gasteiger partial charge < -0.3 is 28.5 Å². The minimum Gasteiger partial charge on any atom is -0.508 e. The number of aliphatic imine (C=N–C) groups is 2. The number of amidine groups is 2. The maximum absolute atomic E-state index is 9.41. The lowest BCUT2D eigenvalue weighted by Crippen LogP contribution is -2.24. The molecule has 0 spiro atoms. The number of hydrogen-bond donors (Lipinski definition) is 1. The molecule has 8 heterocycles. The minimum atomic E-state index is 0. The van der Waals surface area contributed by atoms with Gasteiger partial charge in [0.1, 0.15) is 52.9 Å². The monoisotopic (exact) mass is 800 g/mol. The highest BCUT2D eigenvalue weighted by molar-refractivity contribution is 8.16. The number of aromatic nitrogens is 2. The molecule has 2 aromatic carbocycles. The number of fused-ring (bicyclic) bond motifs is 4. The highest BCUT2D eigenvalue weighted by atomic mass is 35.5. The van der Waals surface area contributed by atoms with E-state index in [0.29, 0.717) is 46.3 Å². The summed E-state index contributed by atoms with van der Waals surface area (Å²) in [6.07, 6.45) is 6.31. The second kappa shape index (κ2) is 17.1. The van der Waals surface area contributed by atoms with Gasteiger partial charge in [-0.1, -0.05) is 31.0 Å². The molecule has 0 aliphatic carbocycles. The number of allylic oxidation sites excluding steroid dienone is 1. The molecule has 0 radical (unpaired) electrons. The van der Waals surface area contributed by atoms with Crippen molar-refractivity contribution in [2.24, 2.45) is 9.98 Å². The lowest BCUT2D eigenvalue weighted by atomic mass is 10.1. The zero-order chi connectivity index (χ0) is 37.7. The number of rotatable bonds is 6. The molecule has 10 rings (SSSR count). The van der Waals surface area contributed by atoms with Crippen LogP contribution in [0.4, 0.5) is 0 Å². The summed E-state index contributed by atoms with van der Waals surface area (Å²) < 4.78 is 17.6. The van der Waals surface area contributed by atoms with Gasteiger partial charge in [0, 0.05) is 70.9 Å². The van der Waals surface area contributed by atoms with E-state index >= 15 is 0 Å². The van der Waals surface area contributed by atoms with Gasteiger partial charge >= 0.3 is 0 Å². The molecule has 15 heteroatoms. The lowest BCUT2D eigenvalue weighted by Gasteiger charge is -2.16. The lowest BCUT2D eigenvalue weighted by molar-refractivity contribution is 0.322.